The molecule has 0 aromatic heterocycles. The van der Waals surface area contributed by atoms with Gasteiger partial charge in [-0.2, -0.15) is 0 Å². The average molecular weight is 653 g/mol. The molecule has 1 aliphatic heterocycles. The predicted octanol–water partition coefficient (Wildman–Crippen LogP) is 3.80. The van der Waals surface area contributed by atoms with Crippen LogP contribution in [0, 0.1) is 0 Å². The van der Waals surface area contributed by atoms with Crippen LogP contribution in [0.1, 0.15) is 36.0 Å². The van der Waals surface area contributed by atoms with Gasteiger partial charge in [-0.25, -0.2) is 13.1 Å². The van der Waals surface area contributed by atoms with Crippen LogP contribution in [0.4, 0.5) is 0 Å². The Morgan fingerprint density at radius 1 is 0.911 bits per heavy atom. The fourth-order valence-corrected chi connectivity index (χ4v) is 6.77. The molecular formula is C34H41ClN4O5S. The van der Waals surface area contributed by atoms with Crippen molar-refractivity contribution in [3.05, 3.63) is 101 Å². The third kappa shape index (κ3) is 10.1. The summed E-state index contributed by atoms with van der Waals surface area (Å²) in [4.78, 5) is 32.0. The molecule has 1 heterocycles. The number of nitrogens with one attached hydrogen (secondary N) is 2. The lowest BCUT2D eigenvalue weighted by Crippen LogP contribution is -2.52. The second-order valence-electron chi connectivity index (χ2n) is 11.6. The number of benzene rings is 3. The molecule has 9 nitrogen and oxygen atoms in total. The van der Waals surface area contributed by atoms with Gasteiger partial charge in [0.05, 0.1) is 18.1 Å². The molecular weight excluding hydrogens is 612 g/mol. The van der Waals surface area contributed by atoms with Crippen molar-refractivity contribution in [1.82, 2.24) is 19.8 Å². The monoisotopic (exact) mass is 652 g/mol. The highest BCUT2D eigenvalue weighted by Crippen LogP contribution is 2.23. The number of carbonyl (C=O) groups is 2. The number of nitrogens with zero attached hydrogens (tertiary/aromatic N) is 2. The molecule has 2 fully saturated rings. The zero-order valence-corrected chi connectivity index (χ0v) is 26.9. The van der Waals surface area contributed by atoms with Gasteiger partial charge in [0.15, 0.2) is 0 Å². The van der Waals surface area contributed by atoms with E-state index in [1.807, 2.05) is 42.5 Å². The van der Waals surface area contributed by atoms with Gasteiger partial charge >= 0.3 is 0 Å². The smallest absolute Gasteiger partial charge is 0.243 e. The van der Waals surface area contributed by atoms with Gasteiger partial charge in [-0.15, -0.1) is 0 Å². The summed E-state index contributed by atoms with van der Waals surface area (Å²) in [6.07, 6.45) is 2.66. The summed E-state index contributed by atoms with van der Waals surface area (Å²) in [7, 11) is -3.55. The molecule has 5 rings (SSSR count). The van der Waals surface area contributed by atoms with Crippen LogP contribution in [-0.4, -0.2) is 81.5 Å². The largest absolute Gasteiger partial charge is 0.379 e. The highest BCUT2D eigenvalue weighted by atomic mass is 35.5. The molecule has 45 heavy (non-hydrogen) atoms. The van der Waals surface area contributed by atoms with Crippen LogP contribution in [0.25, 0.3) is 0 Å². The molecule has 0 radical (unpaired) electrons. The molecule has 2 aliphatic rings. The molecule has 1 saturated heterocycles. The minimum Gasteiger partial charge on any atom is -0.379 e. The zero-order chi connectivity index (χ0) is 31.6. The maximum absolute atomic E-state index is 14.0. The van der Waals surface area contributed by atoms with Crippen LogP contribution >= 0.6 is 11.6 Å². The molecule has 1 saturated carbocycles. The van der Waals surface area contributed by atoms with Crippen LogP contribution in [-0.2, 0) is 43.7 Å². The number of halogens is 1. The van der Waals surface area contributed by atoms with Crippen LogP contribution < -0.4 is 10.0 Å². The van der Waals surface area contributed by atoms with E-state index in [4.69, 9.17) is 16.3 Å². The fourth-order valence-electron chi connectivity index (χ4n) is 5.34. The Balaban J connectivity index is 1.32. The first kappa shape index (κ1) is 33.1. The Hall–Kier alpha value is -3.28. The first-order valence-corrected chi connectivity index (χ1v) is 17.4. The lowest BCUT2D eigenvalue weighted by molar-refractivity contribution is -0.141. The number of hydrogen-bond donors (Lipinski definition) is 2. The highest BCUT2D eigenvalue weighted by molar-refractivity contribution is 7.89. The summed E-state index contributed by atoms with van der Waals surface area (Å²) < 4.78 is 33.3. The zero-order valence-electron chi connectivity index (χ0n) is 25.4. The topological polar surface area (TPSA) is 108 Å². The lowest BCUT2D eigenvalue weighted by atomic mass is 10.0. The molecule has 240 valence electrons. The Bertz CT molecular complexity index is 1510. The molecule has 2 N–H and O–H groups in total. The van der Waals surface area contributed by atoms with Crippen LogP contribution in [0.3, 0.4) is 0 Å². The number of amides is 2. The van der Waals surface area contributed by atoms with Gasteiger partial charge in [0.2, 0.25) is 21.8 Å². The molecule has 2 amide bonds. The van der Waals surface area contributed by atoms with E-state index < -0.39 is 16.1 Å². The third-order valence-electron chi connectivity index (χ3n) is 8.13. The highest BCUT2D eigenvalue weighted by Gasteiger charge is 2.31. The minimum atomic E-state index is -3.55. The number of ether oxygens (including phenoxy) is 1. The van der Waals surface area contributed by atoms with Crippen LogP contribution in [0.2, 0.25) is 5.02 Å². The van der Waals surface area contributed by atoms with Crippen molar-refractivity contribution in [3.8, 4) is 0 Å². The normalized spacial score (nSPS) is 16.2. The van der Waals surface area contributed by atoms with E-state index in [1.165, 1.54) is 0 Å². The van der Waals surface area contributed by atoms with Gasteiger partial charge in [0.1, 0.15) is 6.04 Å². The lowest BCUT2D eigenvalue weighted by Gasteiger charge is -2.32. The molecule has 3 aromatic rings. The number of carbonyl (C=O) groups excluding carboxylic acids is 2. The maximum Gasteiger partial charge on any atom is 0.243 e. The van der Waals surface area contributed by atoms with E-state index in [0.717, 1.165) is 42.6 Å². The molecule has 0 unspecified atom stereocenters. The van der Waals surface area contributed by atoms with E-state index in [1.54, 1.807) is 41.3 Å². The maximum atomic E-state index is 14.0. The van der Waals surface area contributed by atoms with Crippen molar-refractivity contribution < 1.29 is 22.7 Å². The molecule has 1 aliphatic carbocycles. The number of rotatable bonds is 15. The van der Waals surface area contributed by atoms with E-state index in [2.05, 4.69) is 14.9 Å². The minimum absolute atomic E-state index is 0.0271. The van der Waals surface area contributed by atoms with Gasteiger partial charge in [0, 0.05) is 56.6 Å². The quantitative estimate of drug-likeness (QED) is 0.259. The van der Waals surface area contributed by atoms with Gasteiger partial charge in [-0.05, 0) is 60.2 Å². The predicted molar refractivity (Wildman–Crippen MR) is 174 cm³/mol. The molecule has 0 spiro atoms. The number of hydrogen-bond acceptors (Lipinski definition) is 6. The summed E-state index contributed by atoms with van der Waals surface area (Å²) in [5.74, 6) is -0.367. The average Bonchev–Trinajstić information content (AvgIpc) is 3.87. The van der Waals surface area contributed by atoms with Crippen molar-refractivity contribution in [1.29, 1.82) is 0 Å². The van der Waals surface area contributed by atoms with E-state index >= 15 is 0 Å². The molecule has 1 atom stereocenters. The summed E-state index contributed by atoms with van der Waals surface area (Å²) in [6, 6.07) is 23.0. The summed E-state index contributed by atoms with van der Waals surface area (Å²) in [5.41, 5.74) is 2.66. The Kier molecular flexibility index (Phi) is 11.6. The summed E-state index contributed by atoms with van der Waals surface area (Å²) in [5, 5.41) is 3.69. The van der Waals surface area contributed by atoms with Crippen molar-refractivity contribution in [2.24, 2.45) is 0 Å². The SMILES string of the molecule is O=C(NCCN1CCOCC1)[C@@H](Cc1ccccc1)N(Cc1ccc(Cl)cc1)C(=O)CCc1ccc(S(=O)(=O)NC2CC2)cc1. The number of aryl methyl sites for hydroxylation is 1. The van der Waals surface area contributed by atoms with Crippen molar-refractivity contribution >= 4 is 33.4 Å². The van der Waals surface area contributed by atoms with E-state index in [9.17, 15) is 18.0 Å². The summed E-state index contributed by atoms with van der Waals surface area (Å²) in [6.45, 7) is 4.45. The van der Waals surface area contributed by atoms with E-state index in [0.29, 0.717) is 44.2 Å². The Morgan fingerprint density at radius 3 is 2.24 bits per heavy atom. The number of morpholine rings is 1. The Morgan fingerprint density at radius 2 is 1.58 bits per heavy atom. The summed E-state index contributed by atoms with van der Waals surface area (Å²) >= 11 is 6.14. The van der Waals surface area contributed by atoms with Crippen molar-refractivity contribution in [2.75, 3.05) is 39.4 Å². The van der Waals surface area contributed by atoms with Gasteiger partial charge in [-0.3, -0.25) is 14.5 Å². The van der Waals surface area contributed by atoms with Gasteiger partial charge in [-0.1, -0.05) is 66.2 Å². The fraction of sp³-hybridized carbons (Fsp3) is 0.412. The first-order chi connectivity index (χ1) is 21.8. The van der Waals surface area contributed by atoms with Crippen molar-refractivity contribution in [3.63, 3.8) is 0 Å². The molecule has 11 heteroatoms. The van der Waals surface area contributed by atoms with Crippen LogP contribution in [0.15, 0.2) is 83.8 Å². The van der Waals surface area contributed by atoms with Crippen molar-refractivity contribution in [2.45, 2.75) is 55.6 Å². The standard InChI is InChI=1S/C34H41ClN4O5S/c35-29-11-6-28(7-12-29)25-39(33(40)17-10-26-8-15-31(16-9-26)45(42,43)37-30-13-14-30)32(24-27-4-2-1-3-5-27)34(41)36-18-19-38-20-22-44-23-21-38/h1-9,11-12,15-16,30,32,37H,10,13-14,17-25H2,(H,36,41)/t32-/m1/s1. The Labute approximate surface area is 270 Å². The molecule has 0 bridgehead atoms. The molecule has 3 aromatic carbocycles. The van der Waals surface area contributed by atoms with Gasteiger partial charge < -0.3 is 15.0 Å². The second kappa shape index (κ2) is 15.8. The number of sulfonamides is 1. The second-order valence-corrected chi connectivity index (χ2v) is 13.8. The van der Waals surface area contributed by atoms with E-state index in [-0.39, 0.29) is 35.7 Å². The van der Waals surface area contributed by atoms with Crippen LogP contribution in [0.5, 0.6) is 0 Å². The first-order valence-electron chi connectivity index (χ1n) is 15.5. The third-order valence-corrected chi connectivity index (χ3v) is 9.92. The van der Waals surface area contributed by atoms with Gasteiger partial charge in [0.25, 0.3) is 0 Å².